The second kappa shape index (κ2) is 8.29. The number of rotatable bonds is 4. The molecule has 7 rings (SSSR count). The average Bonchev–Trinajstić information content (AvgIpc) is 3.59. The molecule has 2 saturated heterocycles. The van der Waals surface area contributed by atoms with E-state index >= 15 is 0 Å². The molecule has 0 radical (unpaired) electrons. The molecular weight excluding hydrogens is 452 g/mol. The number of hydrogen-bond donors (Lipinski definition) is 0. The van der Waals surface area contributed by atoms with E-state index in [1.165, 1.54) is 22.3 Å². The summed E-state index contributed by atoms with van der Waals surface area (Å²) in [5.74, 6) is 0.0155. The first kappa shape index (κ1) is 21.3. The lowest BCUT2D eigenvalue weighted by Gasteiger charge is -2.37. The van der Waals surface area contributed by atoms with Crippen LogP contribution in [0.1, 0.15) is 53.1 Å². The number of fused-ring (bicyclic) bond motifs is 6. The molecule has 4 heterocycles. The van der Waals surface area contributed by atoms with Crippen LogP contribution in [0, 0.1) is 5.92 Å². The van der Waals surface area contributed by atoms with E-state index in [2.05, 4.69) is 46.5 Å². The van der Waals surface area contributed by atoms with E-state index in [4.69, 9.17) is 4.74 Å². The Hall–Kier alpha value is -4.00. The van der Waals surface area contributed by atoms with Gasteiger partial charge in [0.05, 0.1) is 11.8 Å². The molecule has 1 aliphatic carbocycles. The number of carbonyl (C=O) groups is 2. The van der Waals surface area contributed by atoms with Crippen LogP contribution in [0.3, 0.4) is 0 Å². The fraction of sp³-hybridized carbons (Fsp3) is 0.310. The Morgan fingerprint density at radius 2 is 1.58 bits per heavy atom. The van der Waals surface area contributed by atoms with Gasteiger partial charge in [-0.05, 0) is 47.9 Å². The lowest BCUT2D eigenvalue weighted by molar-refractivity contribution is 0.0505. The van der Waals surface area contributed by atoms with Crippen LogP contribution in [0.25, 0.3) is 16.8 Å². The summed E-state index contributed by atoms with van der Waals surface area (Å²) >= 11 is 0. The molecule has 2 aliphatic heterocycles. The molecule has 180 valence electrons. The van der Waals surface area contributed by atoms with E-state index < -0.39 is 0 Å². The summed E-state index contributed by atoms with van der Waals surface area (Å²) in [6, 6.07) is 18.6. The molecule has 2 unspecified atom stereocenters. The number of carbonyl (C=O) groups excluding carboxylic acids is 2. The second-order valence-electron chi connectivity index (χ2n) is 10.1. The molecule has 3 aliphatic rings. The Morgan fingerprint density at radius 1 is 0.917 bits per heavy atom. The molecule has 4 aromatic rings. The minimum absolute atomic E-state index is 0.0368. The highest BCUT2D eigenvalue weighted by molar-refractivity contribution is 5.97. The van der Waals surface area contributed by atoms with Crippen LogP contribution in [0.2, 0.25) is 0 Å². The normalized spacial score (nSPS) is 22.4. The largest absolute Gasteiger partial charge is 0.448 e. The maximum Gasteiger partial charge on any atom is 0.410 e. The van der Waals surface area contributed by atoms with Crippen molar-refractivity contribution < 1.29 is 14.3 Å². The van der Waals surface area contributed by atoms with Crippen molar-refractivity contribution in [3.8, 4) is 11.1 Å². The maximum absolute atomic E-state index is 13.3. The highest BCUT2D eigenvalue weighted by Crippen LogP contribution is 2.45. The van der Waals surface area contributed by atoms with Crippen LogP contribution in [0.4, 0.5) is 4.79 Å². The fourth-order valence-electron chi connectivity index (χ4n) is 6.53. The highest BCUT2D eigenvalue weighted by Gasteiger charge is 2.46. The van der Waals surface area contributed by atoms with Gasteiger partial charge in [-0.15, -0.1) is 0 Å². The van der Waals surface area contributed by atoms with Gasteiger partial charge in [0.25, 0.3) is 0 Å². The number of ether oxygens (including phenoxy) is 1. The third-order valence-electron chi connectivity index (χ3n) is 8.18. The lowest BCUT2D eigenvalue weighted by Crippen LogP contribution is -2.48. The molecule has 0 saturated carbocycles. The summed E-state index contributed by atoms with van der Waals surface area (Å²) in [5.41, 5.74) is 6.15. The summed E-state index contributed by atoms with van der Waals surface area (Å²) in [5, 5.41) is 4.20. The molecule has 7 heteroatoms. The van der Waals surface area contributed by atoms with E-state index in [0.29, 0.717) is 25.0 Å². The lowest BCUT2D eigenvalue weighted by atomic mass is 9.85. The van der Waals surface area contributed by atoms with Crippen molar-refractivity contribution in [2.45, 2.75) is 43.7 Å². The SMILES string of the molecule is O=C(c1cnc2ccnn2c1)C1CC2CCC(C1)N2C(=O)OCC1c2ccccc2-c2ccccc21. The Bertz CT molecular complexity index is 1440. The molecule has 7 nitrogen and oxygen atoms in total. The molecule has 2 fully saturated rings. The van der Waals surface area contributed by atoms with Gasteiger partial charge in [-0.25, -0.2) is 14.3 Å². The second-order valence-corrected chi connectivity index (χ2v) is 10.1. The van der Waals surface area contributed by atoms with Crippen LogP contribution in [-0.4, -0.2) is 50.1 Å². The van der Waals surface area contributed by atoms with Gasteiger partial charge >= 0.3 is 6.09 Å². The maximum atomic E-state index is 13.3. The Morgan fingerprint density at radius 3 is 2.28 bits per heavy atom. The number of aromatic nitrogens is 3. The van der Waals surface area contributed by atoms with Crippen molar-refractivity contribution in [3.05, 3.63) is 89.9 Å². The van der Waals surface area contributed by atoms with Gasteiger partial charge in [-0.3, -0.25) is 4.79 Å². The van der Waals surface area contributed by atoms with E-state index in [0.717, 1.165) is 18.5 Å². The first-order valence-electron chi connectivity index (χ1n) is 12.6. The molecule has 0 N–H and O–H groups in total. The number of nitrogens with zero attached hydrogens (tertiary/aromatic N) is 4. The Labute approximate surface area is 208 Å². The third kappa shape index (κ3) is 3.33. The molecule has 36 heavy (non-hydrogen) atoms. The van der Waals surface area contributed by atoms with Crippen LogP contribution >= 0.6 is 0 Å². The minimum Gasteiger partial charge on any atom is -0.448 e. The highest BCUT2D eigenvalue weighted by atomic mass is 16.6. The monoisotopic (exact) mass is 478 g/mol. The fourth-order valence-corrected chi connectivity index (χ4v) is 6.53. The smallest absolute Gasteiger partial charge is 0.410 e. The summed E-state index contributed by atoms with van der Waals surface area (Å²) < 4.78 is 7.59. The zero-order chi connectivity index (χ0) is 24.2. The standard InChI is InChI=1S/C29H26N4O3/c34-28(19-15-30-27-11-12-31-32(27)16-19)18-13-20-9-10-21(14-18)33(20)29(35)36-17-26-24-7-3-1-5-22(24)23-6-2-4-8-25(23)26/h1-8,11-12,15-16,18,20-21,26H,9-10,13-14,17H2. The van der Waals surface area contributed by atoms with Crippen molar-refractivity contribution in [1.82, 2.24) is 19.5 Å². The zero-order valence-electron chi connectivity index (χ0n) is 19.8. The number of amides is 1. The molecular formula is C29H26N4O3. The molecule has 2 bridgehead atoms. The summed E-state index contributed by atoms with van der Waals surface area (Å²) in [6.07, 6.45) is 7.96. The predicted octanol–water partition coefficient (Wildman–Crippen LogP) is 5.10. The Balaban J connectivity index is 1.05. The molecule has 2 aromatic heterocycles. The van der Waals surface area contributed by atoms with Crippen molar-refractivity contribution in [3.63, 3.8) is 0 Å². The summed E-state index contributed by atoms with van der Waals surface area (Å²) in [6.45, 7) is 0.320. The van der Waals surface area contributed by atoms with Crippen LogP contribution < -0.4 is 0 Å². The first-order chi connectivity index (χ1) is 17.7. The van der Waals surface area contributed by atoms with Gasteiger partial charge in [0.2, 0.25) is 0 Å². The molecule has 2 aromatic carbocycles. The van der Waals surface area contributed by atoms with Gasteiger partial charge in [0, 0.05) is 42.4 Å². The molecule has 0 spiro atoms. The average molecular weight is 479 g/mol. The van der Waals surface area contributed by atoms with Crippen LogP contribution in [-0.2, 0) is 4.74 Å². The quantitative estimate of drug-likeness (QED) is 0.381. The zero-order valence-corrected chi connectivity index (χ0v) is 19.8. The summed E-state index contributed by atoms with van der Waals surface area (Å²) in [7, 11) is 0. The van der Waals surface area contributed by atoms with E-state index in [9.17, 15) is 9.59 Å². The van der Waals surface area contributed by atoms with Gasteiger partial charge < -0.3 is 9.64 Å². The molecule has 1 amide bonds. The number of Topliss-reactive ketones (excluding diaryl/α,β-unsaturated/α-hetero) is 1. The number of piperidine rings is 1. The van der Waals surface area contributed by atoms with Crippen molar-refractivity contribution in [2.75, 3.05) is 6.61 Å². The Kier molecular flexibility index (Phi) is 4.91. The van der Waals surface area contributed by atoms with Gasteiger partial charge in [0.1, 0.15) is 6.61 Å². The van der Waals surface area contributed by atoms with Gasteiger partial charge in [0.15, 0.2) is 11.4 Å². The van der Waals surface area contributed by atoms with Crippen molar-refractivity contribution in [2.24, 2.45) is 5.92 Å². The van der Waals surface area contributed by atoms with Gasteiger partial charge in [-0.1, -0.05) is 48.5 Å². The number of benzene rings is 2. The van der Waals surface area contributed by atoms with E-state index in [1.807, 2.05) is 17.0 Å². The molecule has 2 atom stereocenters. The predicted molar refractivity (Wildman–Crippen MR) is 134 cm³/mol. The first-order valence-corrected chi connectivity index (χ1v) is 12.6. The van der Waals surface area contributed by atoms with E-state index in [-0.39, 0.29) is 35.8 Å². The van der Waals surface area contributed by atoms with Gasteiger partial charge in [-0.2, -0.15) is 5.10 Å². The van der Waals surface area contributed by atoms with E-state index in [1.54, 1.807) is 29.2 Å². The van der Waals surface area contributed by atoms with Crippen molar-refractivity contribution in [1.29, 1.82) is 0 Å². The number of hydrogen-bond acceptors (Lipinski definition) is 5. The minimum atomic E-state index is -0.255. The van der Waals surface area contributed by atoms with Crippen molar-refractivity contribution >= 4 is 17.5 Å². The van der Waals surface area contributed by atoms with Crippen LogP contribution in [0.15, 0.2) is 73.2 Å². The number of ketones is 1. The topological polar surface area (TPSA) is 76.8 Å². The van der Waals surface area contributed by atoms with Crippen LogP contribution in [0.5, 0.6) is 0 Å². The summed E-state index contributed by atoms with van der Waals surface area (Å²) in [4.78, 5) is 32.8. The third-order valence-corrected chi connectivity index (χ3v) is 8.18.